The lowest BCUT2D eigenvalue weighted by atomic mass is 10.1. The summed E-state index contributed by atoms with van der Waals surface area (Å²) in [6.45, 7) is 6.69. The molecule has 0 saturated carbocycles. The van der Waals surface area contributed by atoms with Crippen molar-refractivity contribution in [2.45, 2.75) is 26.3 Å². The smallest absolute Gasteiger partial charge is 0.166 e. The van der Waals surface area contributed by atoms with Crippen LogP contribution in [0.5, 0.6) is 0 Å². The standard InChI is InChI=1S/C7H16N2OS/c1-7(2,3)9-6(11)8-4-5-10/h10H,4-5H2,1-3H3,(H2,8,9,11). The number of nitrogens with one attached hydrogen (secondary N) is 2. The largest absolute Gasteiger partial charge is 0.395 e. The van der Waals surface area contributed by atoms with Gasteiger partial charge in [-0.3, -0.25) is 0 Å². The number of hydrogen-bond acceptors (Lipinski definition) is 2. The zero-order valence-electron chi connectivity index (χ0n) is 7.27. The molecule has 0 heterocycles. The average Bonchev–Trinajstić information content (AvgIpc) is 1.79. The molecule has 4 heteroatoms. The molecule has 66 valence electrons. The summed E-state index contributed by atoms with van der Waals surface area (Å²) < 4.78 is 0. The first-order valence-electron chi connectivity index (χ1n) is 3.62. The monoisotopic (exact) mass is 176 g/mol. The van der Waals surface area contributed by atoms with Crippen LogP contribution in [0, 0.1) is 0 Å². The Balaban J connectivity index is 3.53. The van der Waals surface area contributed by atoms with Gasteiger partial charge >= 0.3 is 0 Å². The quantitative estimate of drug-likeness (QED) is 0.527. The van der Waals surface area contributed by atoms with Gasteiger partial charge in [-0.2, -0.15) is 0 Å². The summed E-state index contributed by atoms with van der Waals surface area (Å²) in [5, 5.41) is 15.0. The normalized spacial score (nSPS) is 10.9. The van der Waals surface area contributed by atoms with Crippen molar-refractivity contribution in [1.82, 2.24) is 10.6 Å². The lowest BCUT2D eigenvalue weighted by Gasteiger charge is -2.22. The summed E-state index contributed by atoms with van der Waals surface area (Å²) in [6, 6.07) is 0. The molecule has 0 aromatic rings. The lowest BCUT2D eigenvalue weighted by molar-refractivity contribution is 0.300. The summed E-state index contributed by atoms with van der Waals surface area (Å²) in [7, 11) is 0. The van der Waals surface area contributed by atoms with Gasteiger partial charge in [0.05, 0.1) is 6.61 Å². The van der Waals surface area contributed by atoms with Crippen molar-refractivity contribution in [3.8, 4) is 0 Å². The first-order valence-corrected chi connectivity index (χ1v) is 4.03. The van der Waals surface area contributed by atoms with Gasteiger partial charge in [-0.25, -0.2) is 0 Å². The van der Waals surface area contributed by atoms with E-state index < -0.39 is 0 Å². The molecule has 0 aliphatic carbocycles. The van der Waals surface area contributed by atoms with E-state index in [2.05, 4.69) is 10.6 Å². The van der Waals surface area contributed by atoms with Gasteiger partial charge in [0.2, 0.25) is 0 Å². The molecule has 0 aliphatic rings. The van der Waals surface area contributed by atoms with Crippen LogP contribution in [0.4, 0.5) is 0 Å². The van der Waals surface area contributed by atoms with Crippen LogP contribution in [0.2, 0.25) is 0 Å². The molecular formula is C7H16N2OS. The molecule has 0 radical (unpaired) electrons. The average molecular weight is 176 g/mol. The third-order valence-corrected chi connectivity index (χ3v) is 1.13. The van der Waals surface area contributed by atoms with E-state index >= 15 is 0 Å². The van der Waals surface area contributed by atoms with Gasteiger partial charge in [0, 0.05) is 12.1 Å². The van der Waals surface area contributed by atoms with E-state index in [1.165, 1.54) is 0 Å². The van der Waals surface area contributed by atoms with Crippen molar-refractivity contribution in [3.05, 3.63) is 0 Å². The molecule has 3 nitrogen and oxygen atoms in total. The second kappa shape index (κ2) is 4.51. The molecule has 0 amide bonds. The summed E-state index contributed by atoms with van der Waals surface area (Å²) in [5.41, 5.74) is -0.0143. The maximum absolute atomic E-state index is 8.46. The maximum Gasteiger partial charge on any atom is 0.166 e. The second-order valence-corrected chi connectivity index (χ2v) is 3.76. The molecule has 0 spiro atoms. The molecule has 0 saturated heterocycles. The van der Waals surface area contributed by atoms with Crippen molar-refractivity contribution >= 4 is 17.3 Å². The molecule has 0 aromatic heterocycles. The molecule has 0 fully saturated rings. The SMILES string of the molecule is CC(C)(C)NC(=S)NCCO. The van der Waals surface area contributed by atoms with Crippen LogP contribution in [-0.4, -0.2) is 28.9 Å². The fraction of sp³-hybridized carbons (Fsp3) is 0.857. The number of rotatable bonds is 2. The molecule has 0 bridgehead atoms. The predicted molar refractivity (Wildman–Crippen MR) is 50.6 cm³/mol. The molecule has 0 aliphatic heterocycles. The van der Waals surface area contributed by atoms with Crippen molar-refractivity contribution in [1.29, 1.82) is 0 Å². The molecule has 11 heavy (non-hydrogen) atoms. The Morgan fingerprint density at radius 3 is 2.36 bits per heavy atom. The highest BCUT2D eigenvalue weighted by Crippen LogP contribution is 1.97. The Morgan fingerprint density at radius 2 is 2.00 bits per heavy atom. The van der Waals surface area contributed by atoms with Gasteiger partial charge in [-0.05, 0) is 33.0 Å². The fourth-order valence-electron chi connectivity index (χ4n) is 0.554. The van der Waals surface area contributed by atoms with Gasteiger partial charge in [-0.1, -0.05) is 0 Å². The minimum atomic E-state index is -0.0143. The summed E-state index contributed by atoms with van der Waals surface area (Å²) in [4.78, 5) is 0. The Morgan fingerprint density at radius 1 is 1.45 bits per heavy atom. The lowest BCUT2D eigenvalue weighted by Crippen LogP contribution is -2.46. The number of thiocarbonyl (C=S) groups is 1. The molecular weight excluding hydrogens is 160 g/mol. The van der Waals surface area contributed by atoms with Crippen LogP contribution in [0.25, 0.3) is 0 Å². The van der Waals surface area contributed by atoms with E-state index in [1.54, 1.807) is 0 Å². The van der Waals surface area contributed by atoms with E-state index in [0.29, 0.717) is 11.7 Å². The number of aliphatic hydroxyl groups is 1. The Hall–Kier alpha value is -0.350. The first kappa shape index (κ1) is 10.7. The van der Waals surface area contributed by atoms with E-state index in [-0.39, 0.29) is 12.1 Å². The van der Waals surface area contributed by atoms with Crippen molar-refractivity contribution in [2.24, 2.45) is 0 Å². The van der Waals surface area contributed by atoms with Gasteiger partial charge in [-0.15, -0.1) is 0 Å². The predicted octanol–water partition coefficient (Wildman–Crippen LogP) is 0.241. The zero-order valence-corrected chi connectivity index (χ0v) is 8.09. The van der Waals surface area contributed by atoms with E-state index in [9.17, 15) is 0 Å². The van der Waals surface area contributed by atoms with E-state index in [4.69, 9.17) is 17.3 Å². The highest BCUT2D eigenvalue weighted by molar-refractivity contribution is 7.80. The topological polar surface area (TPSA) is 44.3 Å². The van der Waals surface area contributed by atoms with Gasteiger partial charge < -0.3 is 15.7 Å². The minimum Gasteiger partial charge on any atom is -0.395 e. The molecule has 0 unspecified atom stereocenters. The van der Waals surface area contributed by atoms with Crippen LogP contribution in [0.3, 0.4) is 0 Å². The molecule has 0 atom stereocenters. The third-order valence-electron chi connectivity index (χ3n) is 0.886. The molecule has 0 rings (SSSR count). The highest BCUT2D eigenvalue weighted by atomic mass is 32.1. The van der Waals surface area contributed by atoms with Gasteiger partial charge in [0.1, 0.15) is 0 Å². The Kier molecular flexibility index (Phi) is 4.37. The summed E-state index contributed by atoms with van der Waals surface area (Å²) in [5.74, 6) is 0. The number of hydrogen-bond donors (Lipinski definition) is 3. The Bertz CT molecular complexity index is 131. The van der Waals surface area contributed by atoms with Gasteiger partial charge in [0.15, 0.2) is 5.11 Å². The van der Waals surface area contributed by atoms with E-state index in [0.717, 1.165) is 0 Å². The minimum absolute atomic E-state index is 0.0143. The van der Waals surface area contributed by atoms with Gasteiger partial charge in [0.25, 0.3) is 0 Å². The van der Waals surface area contributed by atoms with Crippen LogP contribution >= 0.6 is 12.2 Å². The van der Waals surface area contributed by atoms with Crippen LogP contribution in [-0.2, 0) is 0 Å². The van der Waals surface area contributed by atoms with Crippen molar-refractivity contribution < 1.29 is 5.11 Å². The Labute approximate surface area is 73.2 Å². The maximum atomic E-state index is 8.46. The second-order valence-electron chi connectivity index (χ2n) is 3.35. The molecule has 3 N–H and O–H groups in total. The summed E-state index contributed by atoms with van der Waals surface area (Å²) >= 11 is 4.93. The number of aliphatic hydroxyl groups excluding tert-OH is 1. The van der Waals surface area contributed by atoms with Crippen LogP contribution in [0.15, 0.2) is 0 Å². The summed E-state index contributed by atoms with van der Waals surface area (Å²) in [6.07, 6.45) is 0. The van der Waals surface area contributed by atoms with Crippen LogP contribution < -0.4 is 10.6 Å². The fourth-order valence-corrected chi connectivity index (χ4v) is 0.962. The zero-order chi connectivity index (χ0) is 8.91. The highest BCUT2D eigenvalue weighted by Gasteiger charge is 2.09. The van der Waals surface area contributed by atoms with Crippen molar-refractivity contribution in [3.63, 3.8) is 0 Å². The van der Waals surface area contributed by atoms with Crippen LogP contribution in [0.1, 0.15) is 20.8 Å². The first-order chi connectivity index (χ1) is 4.95. The van der Waals surface area contributed by atoms with E-state index in [1.807, 2.05) is 20.8 Å². The third kappa shape index (κ3) is 7.55. The molecule has 0 aromatic carbocycles. The van der Waals surface area contributed by atoms with Crippen molar-refractivity contribution in [2.75, 3.05) is 13.2 Å².